The number of aromatic nitrogens is 3. The highest BCUT2D eigenvalue weighted by atomic mass is 127. The molecular weight excluding hydrogens is 600 g/mol. The maximum absolute atomic E-state index is 15.1. The largest absolute Gasteiger partial charge is 0.457 e. The molecule has 2 aromatic heterocycles. The number of nitrogens with one attached hydrogen (secondary N) is 2. The highest BCUT2D eigenvalue weighted by Crippen LogP contribution is 2.29. The number of carbonyl (C=O) groups excluding carboxylic acids is 2. The van der Waals surface area contributed by atoms with Gasteiger partial charge >= 0.3 is 0 Å². The fourth-order valence-corrected chi connectivity index (χ4v) is 5.24. The average Bonchev–Trinajstić information content (AvgIpc) is 3.24. The van der Waals surface area contributed by atoms with Gasteiger partial charge in [0.15, 0.2) is 5.78 Å². The van der Waals surface area contributed by atoms with Gasteiger partial charge in [0.25, 0.3) is 0 Å². The number of nitrogens with zero attached hydrogens (tertiary/aromatic N) is 3. The Morgan fingerprint density at radius 2 is 1.92 bits per heavy atom. The van der Waals surface area contributed by atoms with Crippen LogP contribution in [0.15, 0.2) is 61.1 Å². The Morgan fingerprint density at radius 3 is 2.71 bits per heavy atom. The Balaban J connectivity index is 1.39. The van der Waals surface area contributed by atoms with Gasteiger partial charge in [-0.25, -0.2) is 14.4 Å². The molecule has 3 heterocycles. The Kier molecular flexibility index (Phi) is 8.16. The maximum Gasteiger partial charge on any atom is 0.232 e. The molecule has 1 saturated heterocycles. The number of alkyl halides is 1. The maximum atomic E-state index is 15.1. The van der Waals surface area contributed by atoms with Crippen LogP contribution in [-0.4, -0.2) is 55.1 Å². The lowest BCUT2D eigenvalue weighted by Crippen LogP contribution is -2.44. The van der Waals surface area contributed by atoms with E-state index in [9.17, 15) is 9.59 Å². The fourth-order valence-electron chi connectivity index (χ4n) is 4.80. The summed E-state index contributed by atoms with van der Waals surface area (Å²) in [6.45, 7) is 1.23. The zero-order chi connectivity index (χ0) is 26.5. The number of fused-ring (bicyclic) bond motifs is 1. The molecule has 0 radical (unpaired) electrons. The van der Waals surface area contributed by atoms with Crippen molar-refractivity contribution >= 4 is 51.1 Å². The predicted molar refractivity (Wildman–Crippen MR) is 152 cm³/mol. The second kappa shape index (κ2) is 11.9. The monoisotopic (exact) mass is 627 g/mol. The van der Waals surface area contributed by atoms with Gasteiger partial charge in [-0.2, -0.15) is 0 Å². The number of hydrogen-bond acceptors (Lipinski definition) is 6. The number of likely N-dealkylation sites (tertiary alicyclic amines) is 1. The van der Waals surface area contributed by atoms with Crippen LogP contribution in [-0.2, 0) is 4.79 Å². The molecule has 0 bridgehead atoms. The SMILES string of the molecule is O=C(c1ccc(Oc2ccccc2)cc1F)c1c[nH]c2ncnc(NCC3CCCCCN3C(=O)CI)c12. The van der Waals surface area contributed by atoms with Gasteiger partial charge in [-0.1, -0.05) is 53.6 Å². The van der Waals surface area contributed by atoms with Crippen LogP contribution in [0.3, 0.4) is 0 Å². The van der Waals surface area contributed by atoms with Gasteiger partial charge in [-0.3, -0.25) is 9.59 Å². The van der Waals surface area contributed by atoms with Crippen molar-refractivity contribution in [3.05, 3.63) is 78.0 Å². The molecule has 4 aromatic rings. The number of ether oxygens (including phenoxy) is 1. The molecule has 2 aromatic carbocycles. The van der Waals surface area contributed by atoms with Crippen LogP contribution >= 0.6 is 22.6 Å². The standard InChI is InChI=1S/C28H27FIN5O3/c29-23-13-20(38-19-8-4-1-5-9-19)10-11-21(23)26(37)22-16-32-28-25(22)27(33-17-34-28)31-15-18-7-3-2-6-12-35(18)24(36)14-30/h1,4-5,8-11,13,16-18H,2-3,6-7,12,14-15H2,(H2,31,32,33,34). The summed E-state index contributed by atoms with van der Waals surface area (Å²) < 4.78 is 21.2. The molecule has 10 heteroatoms. The topological polar surface area (TPSA) is 100 Å². The second-order valence-electron chi connectivity index (χ2n) is 9.14. The number of rotatable bonds is 8. The van der Waals surface area contributed by atoms with Crippen molar-refractivity contribution in [2.45, 2.75) is 31.7 Å². The molecule has 5 rings (SSSR count). The van der Waals surface area contributed by atoms with E-state index >= 15 is 4.39 Å². The molecule has 8 nitrogen and oxygen atoms in total. The van der Waals surface area contributed by atoms with Gasteiger partial charge in [0.05, 0.1) is 20.9 Å². The minimum absolute atomic E-state index is 0.0254. The van der Waals surface area contributed by atoms with E-state index < -0.39 is 11.6 Å². The van der Waals surface area contributed by atoms with Crippen molar-refractivity contribution in [3.8, 4) is 11.5 Å². The predicted octanol–water partition coefficient (Wildman–Crippen LogP) is 5.74. The summed E-state index contributed by atoms with van der Waals surface area (Å²) >= 11 is 2.10. The summed E-state index contributed by atoms with van der Waals surface area (Å²) in [5.74, 6) is 0.284. The van der Waals surface area contributed by atoms with Gasteiger partial charge in [0.1, 0.15) is 35.1 Å². The Bertz CT molecular complexity index is 1450. The number of hydrogen-bond donors (Lipinski definition) is 2. The normalized spacial score (nSPS) is 15.7. The number of amides is 1. The van der Waals surface area contributed by atoms with E-state index in [1.54, 1.807) is 18.2 Å². The molecular formula is C28H27FIN5O3. The summed E-state index contributed by atoms with van der Waals surface area (Å²) in [5, 5.41) is 3.83. The first-order valence-corrected chi connectivity index (χ1v) is 14.1. The molecule has 1 aliphatic heterocycles. The van der Waals surface area contributed by atoms with Crippen molar-refractivity contribution in [3.63, 3.8) is 0 Å². The fraction of sp³-hybridized carbons (Fsp3) is 0.286. The first-order chi connectivity index (χ1) is 18.5. The van der Waals surface area contributed by atoms with Crippen LogP contribution in [0.1, 0.15) is 41.6 Å². The summed E-state index contributed by atoms with van der Waals surface area (Å²) in [6.07, 6.45) is 6.97. The molecule has 38 heavy (non-hydrogen) atoms. The van der Waals surface area contributed by atoms with Gasteiger partial charge in [0.2, 0.25) is 5.91 Å². The molecule has 1 amide bonds. The number of anilines is 1. The molecule has 0 spiro atoms. The van der Waals surface area contributed by atoms with Crippen molar-refractivity contribution in [2.75, 3.05) is 22.8 Å². The van der Waals surface area contributed by atoms with E-state index in [4.69, 9.17) is 4.74 Å². The highest BCUT2D eigenvalue weighted by Gasteiger charge is 2.26. The van der Waals surface area contributed by atoms with Crippen LogP contribution in [0.2, 0.25) is 0 Å². The molecule has 2 N–H and O–H groups in total. The molecule has 196 valence electrons. The number of halogens is 2. The zero-order valence-electron chi connectivity index (χ0n) is 20.6. The first-order valence-electron chi connectivity index (χ1n) is 12.5. The quantitative estimate of drug-likeness (QED) is 0.147. The summed E-state index contributed by atoms with van der Waals surface area (Å²) in [6, 6.07) is 13.3. The average molecular weight is 627 g/mol. The minimum Gasteiger partial charge on any atom is -0.457 e. The molecule has 0 saturated carbocycles. The smallest absolute Gasteiger partial charge is 0.232 e. The number of ketones is 1. The highest BCUT2D eigenvalue weighted by molar-refractivity contribution is 14.1. The number of benzene rings is 2. The van der Waals surface area contributed by atoms with E-state index in [-0.39, 0.29) is 23.1 Å². The Morgan fingerprint density at radius 1 is 1.08 bits per heavy atom. The number of aromatic amines is 1. The number of H-pyrrole nitrogens is 1. The lowest BCUT2D eigenvalue weighted by atomic mass is 10.0. The van der Waals surface area contributed by atoms with Crippen LogP contribution < -0.4 is 10.1 Å². The molecule has 1 unspecified atom stereocenters. The molecule has 1 fully saturated rings. The lowest BCUT2D eigenvalue weighted by Gasteiger charge is -2.30. The van der Waals surface area contributed by atoms with Crippen LogP contribution in [0, 0.1) is 5.82 Å². The number of carbonyl (C=O) groups is 2. The van der Waals surface area contributed by atoms with E-state index in [0.717, 1.165) is 32.2 Å². The molecule has 1 aliphatic rings. The van der Waals surface area contributed by atoms with E-state index in [2.05, 4.69) is 42.9 Å². The van der Waals surface area contributed by atoms with Crippen LogP contribution in [0.5, 0.6) is 11.5 Å². The van der Waals surface area contributed by atoms with Gasteiger partial charge in [-0.05, 0) is 37.1 Å². The third-order valence-electron chi connectivity index (χ3n) is 6.70. The third kappa shape index (κ3) is 5.64. The van der Waals surface area contributed by atoms with Crippen LogP contribution in [0.25, 0.3) is 11.0 Å². The Labute approximate surface area is 233 Å². The minimum atomic E-state index is -0.685. The number of para-hydroxylation sites is 1. The summed E-state index contributed by atoms with van der Waals surface area (Å²) in [4.78, 5) is 39.6. The van der Waals surface area contributed by atoms with Gasteiger partial charge in [0, 0.05) is 31.4 Å². The zero-order valence-corrected chi connectivity index (χ0v) is 22.8. The first kappa shape index (κ1) is 26.1. The van der Waals surface area contributed by atoms with E-state index in [0.29, 0.717) is 39.3 Å². The molecule has 1 atom stereocenters. The summed E-state index contributed by atoms with van der Waals surface area (Å²) in [7, 11) is 0. The van der Waals surface area contributed by atoms with Crippen molar-refractivity contribution < 1.29 is 18.7 Å². The lowest BCUT2D eigenvalue weighted by molar-refractivity contribution is -0.130. The third-order valence-corrected chi connectivity index (χ3v) is 7.35. The molecule has 0 aliphatic carbocycles. The van der Waals surface area contributed by atoms with Crippen molar-refractivity contribution in [2.24, 2.45) is 0 Å². The van der Waals surface area contributed by atoms with Gasteiger partial charge < -0.3 is 19.9 Å². The van der Waals surface area contributed by atoms with E-state index in [1.807, 2.05) is 23.1 Å². The van der Waals surface area contributed by atoms with Crippen molar-refractivity contribution in [1.29, 1.82) is 0 Å². The Hall–Kier alpha value is -3.54. The van der Waals surface area contributed by atoms with Crippen LogP contribution in [0.4, 0.5) is 10.2 Å². The second-order valence-corrected chi connectivity index (χ2v) is 9.90. The van der Waals surface area contributed by atoms with Crippen molar-refractivity contribution in [1.82, 2.24) is 19.9 Å². The summed E-state index contributed by atoms with van der Waals surface area (Å²) in [5.41, 5.74) is 0.653. The van der Waals surface area contributed by atoms with Gasteiger partial charge in [-0.15, -0.1) is 0 Å². The van der Waals surface area contributed by atoms with E-state index in [1.165, 1.54) is 24.7 Å².